The van der Waals surface area contributed by atoms with E-state index in [-0.39, 0.29) is 18.4 Å². The molecule has 2 heterocycles. The van der Waals surface area contributed by atoms with Gasteiger partial charge >= 0.3 is 6.03 Å². The maximum atomic E-state index is 13.4. The van der Waals surface area contributed by atoms with Crippen molar-refractivity contribution < 1.29 is 9.18 Å². The van der Waals surface area contributed by atoms with Gasteiger partial charge in [-0.2, -0.15) is 5.10 Å². The second-order valence-corrected chi connectivity index (χ2v) is 6.69. The zero-order valence-corrected chi connectivity index (χ0v) is 16.1. The second-order valence-electron chi connectivity index (χ2n) is 6.69. The summed E-state index contributed by atoms with van der Waals surface area (Å²) in [5.41, 5.74) is 4.09. The van der Waals surface area contributed by atoms with E-state index >= 15 is 0 Å². The molecule has 150 valence electrons. The molecule has 7 heteroatoms. The van der Waals surface area contributed by atoms with E-state index in [4.69, 9.17) is 0 Å². The SMILES string of the molecule is O=C(NCc1cccnc1)NCc1cn(-c2ccccc2)nc1-c1ccc(F)cc1. The molecule has 0 aliphatic rings. The number of nitrogens with one attached hydrogen (secondary N) is 2. The van der Waals surface area contributed by atoms with Crippen molar-refractivity contribution in [1.29, 1.82) is 0 Å². The van der Waals surface area contributed by atoms with Gasteiger partial charge in [0, 0.05) is 42.8 Å². The number of nitrogens with zero attached hydrogens (tertiary/aromatic N) is 3. The average molecular weight is 401 g/mol. The van der Waals surface area contributed by atoms with Crippen molar-refractivity contribution >= 4 is 6.03 Å². The molecule has 0 atom stereocenters. The number of hydrogen-bond acceptors (Lipinski definition) is 3. The van der Waals surface area contributed by atoms with E-state index in [0.29, 0.717) is 12.2 Å². The van der Waals surface area contributed by atoms with Crippen LogP contribution in [0.1, 0.15) is 11.1 Å². The van der Waals surface area contributed by atoms with E-state index in [2.05, 4.69) is 20.7 Å². The first-order valence-electron chi connectivity index (χ1n) is 9.49. The third kappa shape index (κ3) is 4.70. The molecule has 0 aliphatic heterocycles. The first kappa shape index (κ1) is 19.3. The fourth-order valence-corrected chi connectivity index (χ4v) is 3.03. The molecule has 2 N–H and O–H groups in total. The Morgan fingerprint density at radius 2 is 1.70 bits per heavy atom. The minimum Gasteiger partial charge on any atom is -0.334 e. The summed E-state index contributed by atoms with van der Waals surface area (Å²) in [7, 11) is 0. The Morgan fingerprint density at radius 3 is 2.43 bits per heavy atom. The van der Waals surface area contributed by atoms with Gasteiger partial charge in [0.15, 0.2) is 0 Å². The monoisotopic (exact) mass is 401 g/mol. The Labute approximate surface area is 173 Å². The van der Waals surface area contributed by atoms with E-state index in [0.717, 1.165) is 22.4 Å². The number of carbonyl (C=O) groups is 1. The van der Waals surface area contributed by atoms with Crippen LogP contribution in [0.15, 0.2) is 85.3 Å². The standard InChI is InChI=1S/C23H20FN5O/c24-20-10-8-18(9-11-20)22-19(16-29(28-22)21-6-2-1-3-7-21)15-27-23(30)26-14-17-5-4-12-25-13-17/h1-13,16H,14-15H2,(H2,26,27,30). The van der Waals surface area contributed by atoms with E-state index in [1.54, 1.807) is 29.2 Å². The number of benzene rings is 2. The van der Waals surface area contributed by atoms with Crippen LogP contribution in [0, 0.1) is 5.82 Å². The molecule has 0 saturated carbocycles. The van der Waals surface area contributed by atoms with Crippen molar-refractivity contribution in [3.8, 4) is 16.9 Å². The minimum atomic E-state index is -0.310. The van der Waals surface area contributed by atoms with Crippen molar-refractivity contribution in [2.24, 2.45) is 0 Å². The molecule has 0 unspecified atom stereocenters. The molecule has 0 aliphatic carbocycles. The predicted octanol–water partition coefficient (Wildman–Crippen LogP) is 4.07. The largest absolute Gasteiger partial charge is 0.334 e. The lowest BCUT2D eigenvalue weighted by molar-refractivity contribution is 0.240. The molecule has 0 fully saturated rings. The maximum Gasteiger partial charge on any atom is 0.315 e. The number of carbonyl (C=O) groups excluding carboxylic acids is 1. The van der Waals surface area contributed by atoms with E-state index in [9.17, 15) is 9.18 Å². The molecule has 2 amide bonds. The third-order valence-electron chi connectivity index (χ3n) is 4.54. The summed E-state index contributed by atoms with van der Waals surface area (Å²) in [6.07, 6.45) is 5.26. The lowest BCUT2D eigenvalue weighted by Crippen LogP contribution is -2.34. The number of hydrogen-bond donors (Lipinski definition) is 2. The minimum absolute atomic E-state index is 0.276. The molecule has 0 bridgehead atoms. The Balaban J connectivity index is 1.51. The number of halogens is 1. The molecular weight excluding hydrogens is 381 g/mol. The molecular formula is C23H20FN5O. The van der Waals surface area contributed by atoms with Gasteiger partial charge in [0.1, 0.15) is 5.82 Å². The first-order valence-corrected chi connectivity index (χ1v) is 9.49. The quantitative estimate of drug-likeness (QED) is 0.512. The van der Waals surface area contributed by atoms with Crippen LogP contribution in [0.25, 0.3) is 16.9 Å². The zero-order valence-electron chi connectivity index (χ0n) is 16.1. The molecule has 0 saturated heterocycles. The highest BCUT2D eigenvalue weighted by molar-refractivity contribution is 5.74. The topological polar surface area (TPSA) is 71.8 Å². The van der Waals surface area contributed by atoms with Crippen LogP contribution in [0.5, 0.6) is 0 Å². The van der Waals surface area contributed by atoms with Crippen molar-refractivity contribution in [1.82, 2.24) is 25.4 Å². The third-order valence-corrected chi connectivity index (χ3v) is 4.54. The fraction of sp³-hybridized carbons (Fsp3) is 0.0870. The van der Waals surface area contributed by atoms with Crippen molar-refractivity contribution in [2.45, 2.75) is 13.1 Å². The summed E-state index contributed by atoms with van der Waals surface area (Å²) in [5.74, 6) is -0.310. The van der Waals surface area contributed by atoms with E-state index in [1.807, 2.05) is 48.7 Å². The second kappa shape index (κ2) is 9.00. The highest BCUT2D eigenvalue weighted by Crippen LogP contribution is 2.24. The molecule has 2 aromatic heterocycles. The van der Waals surface area contributed by atoms with Crippen LogP contribution in [0.3, 0.4) is 0 Å². The average Bonchev–Trinajstić information content (AvgIpc) is 3.22. The van der Waals surface area contributed by atoms with Gasteiger partial charge in [-0.25, -0.2) is 13.9 Å². The fourth-order valence-electron chi connectivity index (χ4n) is 3.03. The highest BCUT2D eigenvalue weighted by atomic mass is 19.1. The molecule has 30 heavy (non-hydrogen) atoms. The van der Waals surface area contributed by atoms with Crippen LogP contribution in [0.4, 0.5) is 9.18 Å². The number of pyridine rings is 1. The van der Waals surface area contributed by atoms with Crippen LogP contribution < -0.4 is 10.6 Å². The van der Waals surface area contributed by atoms with Gasteiger partial charge in [-0.1, -0.05) is 24.3 Å². The zero-order chi connectivity index (χ0) is 20.8. The number of amides is 2. The lowest BCUT2D eigenvalue weighted by atomic mass is 10.1. The summed E-state index contributed by atoms with van der Waals surface area (Å²) in [5, 5.41) is 10.3. The highest BCUT2D eigenvalue weighted by Gasteiger charge is 2.13. The summed E-state index contributed by atoms with van der Waals surface area (Å²) in [4.78, 5) is 16.3. The normalized spacial score (nSPS) is 10.6. The Morgan fingerprint density at radius 1 is 0.933 bits per heavy atom. The van der Waals surface area contributed by atoms with Crippen molar-refractivity contribution in [3.05, 3.63) is 102 Å². The molecule has 4 rings (SSSR count). The molecule has 6 nitrogen and oxygen atoms in total. The van der Waals surface area contributed by atoms with E-state index < -0.39 is 0 Å². The molecule has 2 aromatic carbocycles. The number of aromatic nitrogens is 3. The van der Waals surface area contributed by atoms with Gasteiger partial charge in [0.2, 0.25) is 0 Å². The van der Waals surface area contributed by atoms with E-state index in [1.165, 1.54) is 12.1 Å². The van der Waals surface area contributed by atoms with Crippen molar-refractivity contribution in [2.75, 3.05) is 0 Å². The van der Waals surface area contributed by atoms with Crippen LogP contribution >= 0.6 is 0 Å². The summed E-state index contributed by atoms with van der Waals surface area (Å²) >= 11 is 0. The summed E-state index contributed by atoms with van der Waals surface area (Å²) < 4.78 is 15.1. The number of para-hydroxylation sites is 1. The van der Waals surface area contributed by atoms with Gasteiger partial charge in [-0.15, -0.1) is 0 Å². The lowest BCUT2D eigenvalue weighted by Gasteiger charge is -2.08. The predicted molar refractivity (Wildman–Crippen MR) is 112 cm³/mol. The van der Waals surface area contributed by atoms with Gasteiger partial charge in [0.25, 0.3) is 0 Å². The molecule has 0 radical (unpaired) electrons. The van der Waals surface area contributed by atoms with Gasteiger partial charge in [0.05, 0.1) is 11.4 Å². The van der Waals surface area contributed by atoms with Gasteiger partial charge in [-0.05, 0) is 48.0 Å². The van der Waals surface area contributed by atoms with Crippen LogP contribution in [-0.2, 0) is 13.1 Å². The molecule has 0 spiro atoms. The smallest absolute Gasteiger partial charge is 0.315 e. The Bertz CT molecular complexity index is 1110. The van der Waals surface area contributed by atoms with Gasteiger partial charge < -0.3 is 10.6 Å². The summed E-state index contributed by atoms with van der Waals surface area (Å²) in [6, 6.07) is 19.3. The van der Waals surface area contributed by atoms with Gasteiger partial charge in [-0.3, -0.25) is 4.98 Å². The molecule has 4 aromatic rings. The van der Waals surface area contributed by atoms with Crippen LogP contribution in [-0.4, -0.2) is 20.8 Å². The first-order chi connectivity index (χ1) is 14.7. The number of urea groups is 1. The summed E-state index contributed by atoms with van der Waals surface area (Å²) in [6.45, 7) is 0.659. The Hall–Kier alpha value is -4.00. The van der Waals surface area contributed by atoms with Crippen molar-refractivity contribution in [3.63, 3.8) is 0 Å². The number of rotatable bonds is 6. The Kier molecular flexibility index (Phi) is 5.80. The maximum absolute atomic E-state index is 13.4. The van der Waals surface area contributed by atoms with Crippen LogP contribution in [0.2, 0.25) is 0 Å².